The number of alkyl halides is 2. The van der Waals surface area contributed by atoms with Crippen LogP contribution in [0.1, 0.15) is 10.4 Å². The molecule has 0 aliphatic carbocycles. The fraction of sp³-hybridized carbons (Fsp3) is 0.0500. The third kappa shape index (κ3) is 4.95. The van der Waals surface area contributed by atoms with E-state index in [-0.39, 0.29) is 11.3 Å². The minimum Gasteiger partial charge on any atom is -0.454 e. The van der Waals surface area contributed by atoms with Crippen molar-refractivity contribution in [3.63, 3.8) is 0 Å². The van der Waals surface area contributed by atoms with Crippen molar-refractivity contribution in [3.8, 4) is 17.2 Å². The Kier molecular flexibility index (Phi) is 5.88. The number of carbonyl (C=O) groups is 1. The van der Waals surface area contributed by atoms with E-state index >= 15 is 0 Å². The summed E-state index contributed by atoms with van der Waals surface area (Å²) in [6, 6.07) is 19.3. The summed E-state index contributed by atoms with van der Waals surface area (Å²) in [5.74, 6) is 0.232. The summed E-state index contributed by atoms with van der Waals surface area (Å²) < 4.78 is 34.8. The lowest BCUT2D eigenvalue weighted by Crippen LogP contribution is -2.13. The molecule has 4 nitrogen and oxygen atoms in total. The predicted molar refractivity (Wildman–Crippen MR) is 99.0 cm³/mol. The first-order chi connectivity index (χ1) is 13.0. The first-order valence-corrected chi connectivity index (χ1v) is 8.28. The molecule has 3 rings (SSSR count). The molecule has 0 radical (unpaired) electrons. The van der Waals surface area contributed by atoms with Crippen LogP contribution in [-0.2, 0) is 0 Å². The number of anilines is 1. The van der Waals surface area contributed by atoms with Crippen LogP contribution in [0.25, 0.3) is 0 Å². The van der Waals surface area contributed by atoms with Crippen LogP contribution in [0.15, 0.2) is 72.8 Å². The topological polar surface area (TPSA) is 47.6 Å². The third-order valence-corrected chi connectivity index (χ3v) is 3.83. The normalized spacial score (nSPS) is 10.5. The maximum absolute atomic E-state index is 12.5. The molecule has 0 bridgehead atoms. The van der Waals surface area contributed by atoms with Gasteiger partial charge in [0.2, 0.25) is 0 Å². The van der Waals surface area contributed by atoms with Crippen LogP contribution in [0.3, 0.4) is 0 Å². The van der Waals surface area contributed by atoms with E-state index in [9.17, 15) is 13.6 Å². The molecule has 0 aliphatic rings. The number of rotatable bonds is 6. The lowest BCUT2D eigenvalue weighted by atomic mass is 10.2. The summed E-state index contributed by atoms with van der Waals surface area (Å²) >= 11 is 6.10. The molecule has 7 heteroatoms. The molecule has 138 valence electrons. The zero-order valence-corrected chi connectivity index (χ0v) is 14.6. The average molecular weight is 390 g/mol. The summed E-state index contributed by atoms with van der Waals surface area (Å²) in [5, 5.41) is 3.12. The molecular formula is C20H14ClF2NO3. The highest BCUT2D eigenvalue weighted by molar-refractivity contribution is 6.32. The Hall–Kier alpha value is -3.12. The Bertz CT molecular complexity index is 950. The van der Waals surface area contributed by atoms with Gasteiger partial charge in [0.25, 0.3) is 5.91 Å². The van der Waals surface area contributed by atoms with Gasteiger partial charge >= 0.3 is 6.61 Å². The predicted octanol–water partition coefficient (Wildman–Crippen LogP) is 5.99. The van der Waals surface area contributed by atoms with Gasteiger partial charge in [-0.3, -0.25) is 4.79 Å². The first-order valence-electron chi connectivity index (χ1n) is 7.90. The van der Waals surface area contributed by atoms with E-state index in [1.807, 2.05) is 0 Å². The number of halogens is 3. The molecule has 0 aliphatic heterocycles. The van der Waals surface area contributed by atoms with E-state index in [2.05, 4.69) is 10.1 Å². The van der Waals surface area contributed by atoms with Gasteiger partial charge in [0.15, 0.2) is 5.75 Å². The molecule has 1 amide bonds. The molecule has 1 N–H and O–H groups in total. The first kappa shape index (κ1) is 18.7. The second-order valence-corrected chi connectivity index (χ2v) is 5.80. The molecule has 0 atom stereocenters. The second kappa shape index (κ2) is 8.51. The number of hydrogen-bond donors (Lipinski definition) is 1. The maximum atomic E-state index is 12.5. The molecular weight excluding hydrogens is 376 g/mol. The van der Waals surface area contributed by atoms with Gasteiger partial charge in [-0.05, 0) is 42.5 Å². The molecule has 0 heterocycles. The van der Waals surface area contributed by atoms with Gasteiger partial charge in [-0.1, -0.05) is 41.9 Å². The van der Waals surface area contributed by atoms with Crippen LogP contribution in [0.5, 0.6) is 17.2 Å². The Morgan fingerprint density at radius 2 is 1.63 bits per heavy atom. The molecule has 3 aromatic carbocycles. The van der Waals surface area contributed by atoms with Crippen molar-refractivity contribution in [1.29, 1.82) is 0 Å². The lowest BCUT2D eigenvalue weighted by molar-refractivity contribution is -0.0498. The van der Waals surface area contributed by atoms with E-state index < -0.39 is 12.5 Å². The molecule has 0 fully saturated rings. The fourth-order valence-corrected chi connectivity index (χ4v) is 2.49. The quantitative estimate of drug-likeness (QED) is 0.563. The molecule has 0 saturated heterocycles. The van der Waals surface area contributed by atoms with Gasteiger partial charge in [0, 0.05) is 5.56 Å². The molecule has 0 saturated carbocycles. The summed E-state index contributed by atoms with van der Waals surface area (Å²) in [7, 11) is 0. The monoisotopic (exact) mass is 389 g/mol. The van der Waals surface area contributed by atoms with E-state index in [0.717, 1.165) is 0 Å². The summed E-state index contributed by atoms with van der Waals surface area (Å²) in [6.07, 6.45) is 0. The Labute approximate surface area is 159 Å². The highest BCUT2D eigenvalue weighted by Gasteiger charge is 2.13. The number of amides is 1. The molecule has 0 spiro atoms. The fourth-order valence-electron chi connectivity index (χ4n) is 2.31. The van der Waals surface area contributed by atoms with Gasteiger partial charge in [0.05, 0.1) is 10.7 Å². The summed E-state index contributed by atoms with van der Waals surface area (Å²) in [5.41, 5.74) is 0.572. The minimum absolute atomic E-state index is 0.0988. The molecule has 3 aromatic rings. The van der Waals surface area contributed by atoms with Gasteiger partial charge in [-0.15, -0.1) is 0 Å². The minimum atomic E-state index is -2.96. The van der Waals surface area contributed by atoms with Crippen LogP contribution >= 0.6 is 11.6 Å². The van der Waals surface area contributed by atoms with Crippen molar-refractivity contribution in [2.24, 2.45) is 0 Å². The smallest absolute Gasteiger partial charge is 0.387 e. The zero-order valence-electron chi connectivity index (χ0n) is 13.9. The van der Waals surface area contributed by atoms with E-state index in [1.54, 1.807) is 48.5 Å². The molecule has 0 aromatic heterocycles. The number of carbonyl (C=O) groups excluding carboxylic acids is 1. The Morgan fingerprint density at radius 1 is 0.926 bits per heavy atom. The van der Waals surface area contributed by atoms with E-state index in [1.165, 1.54) is 24.3 Å². The van der Waals surface area contributed by atoms with Gasteiger partial charge < -0.3 is 14.8 Å². The average Bonchev–Trinajstić information content (AvgIpc) is 2.65. The van der Waals surface area contributed by atoms with Crippen molar-refractivity contribution in [2.45, 2.75) is 6.61 Å². The molecule has 0 unspecified atom stereocenters. The van der Waals surface area contributed by atoms with Crippen LogP contribution in [0.4, 0.5) is 14.5 Å². The van der Waals surface area contributed by atoms with Crippen LogP contribution < -0.4 is 14.8 Å². The standard InChI is InChI=1S/C20H14ClF2NO3/c21-15-8-1-3-10-17(15)27-18-11-4-2-9-16(18)24-19(25)13-6-5-7-14(12-13)26-20(22)23/h1-12,20H,(H,24,25). The Balaban J connectivity index is 1.80. The van der Waals surface area contributed by atoms with Crippen LogP contribution in [0, 0.1) is 0 Å². The van der Waals surface area contributed by atoms with E-state index in [4.69, 9.17) is 16.3 Å². The number of ether oxygens (including phenoxy) is 2. The highest BCUT2D eigenvalue weighted by atomic mass is 35.5. The summed E-state index contributed by atoms with van der Waals surface area (Å²) in [4.78, 5) is 12.5. The zero-order chi connectivity index (χ0) is 19.2. The number of nitrogens with one attached hydrogen (secondary N) is 1. The number of hydrogen-bond acceptors (Lipinski definition) is 3. The SMILES string of the molecule is O=C(Nc1ccccc1Oc1ccccc1Cl)c1cccc(OC(F)F)c1. The summed E-state index contributed by atoms with van der Waals surface area (Å²) in [6.45, 7) is -2.96. The van der Waals surface area contributed by atoms with Crippen molar-refractivity contribution < 1.29 is 23.0 Å². The van der Waals surface area contributed by atoms with Gasteiger partial charge in [-0.2, -0.15) is 8.78 Å². The van der Waals surface area contributed by atoms with Crippen molar-refractivity contribution in [3.05, 3.63) is 83.4 Å². The van der Waals surface area contributed by atoms with Crippen LogP contribution in [0.2, 0.25) is 5.02 Å². The van der Waals surface area contributed by atoms with Crippen LogP contribution in [-0.4, -0.2) is 12.5 Å². The van der Waals surface area contributed by atoms with Gasteiger partial charge in [-0.25, -0.2) is 0 Å². The van der Waals surface area contributed by atoms with Crippen molar-refractivity contribution >= 4 is 23.2 Å². The lowest BCUT2D eigenvalue weighted by Gasteiger charge is -2.13. The number of para-hydroxylation sites is 3. The highest BCUT2D eigenvalue weighted by Crippen LogP contribution is 2.33. The van der Waals surface area contributed by atoms with Crippen molar-refractivity contribution in [1.82, 2.24) is 0 Å². The molecule has 27 heavy (non-hydrogen) atoms. The van der Waals surface area contributed by atoms with E-state index in [0.29, 0.717) is 22.2 Å². The largest absolute Gasteiger partial charge is 0.454 e. The maximum Gasteiger partial charge on any atom is 0.387 e. The Morgan fingerprint density at radius 3 is 2.37 bits per heavy atom. The number of benzene rings is 3. The van der Waals surface area contributed by atoms with Gasteiger partial charge in [0.1, 0.15) is 11.5 Å². The van der Waals surface area contributed by atoms with Crippen molar-refractivity contribution in [2.75, 3.05) is 5.32 Å². The third-order valence-electron chi connectivity index (χ3n) is 3.51. The second-order valence-electron chi connectivity index (χ2n) is 5.39.